The van der Waals surface area contributed by atoms with E-state index in [1.54, 1.807) is 0 Å². The van der Waals surface area contributed by atoms with Gasteiger partial charge in [0, 0.05) is 31.8 Å². The van der Waals surface area contributed by atoms with Gasteiger partial charge in [0.1, 0.15) is 0 Å². The predicted molar refractivity (Wildman–Crippen MR) is 74.8 cm³/mol. The van der Waals surface area contributed by atoms with Crippen LogP contribution in [0.15, 0.2) is 6.07 Å². The minimum absolute atomic E-state index is 0.269. The summed E-state index contributed by atoms with van der Waals surface area (Å²) in [6, 6.07) is 2.51. The molecule has 1 rings (SSSR count). The molecule has 0 saturated heterocycles. The van der Waals surface area contributed by atoms with Crippen LogP contribution in [0.5, 0.6) is 0 Å². The Balaban J connectivity index is 2.75. The summed E-state index contributed by atoms with van der Waals surface area (Å²) in [5, 5.41) is 7.94. The fraction of sp³-hybridized carbons (Fsp3) is 0.786. The van der Waals surface area contributed by atoms with Gasteiger partial charge < -0.3 is 10.1 Å². The van der Waals surface area contributed by atoms with E-state index in [9.17, 15) is 0 Å². The normalized spacial score (nSPS) is 14.7. The highest BCUT2D eigenvalue weighted by atomic mass is 16.5. The number of nitrogens with one attached hydrogen (secondary N) is 1. The maximum absolute atomic E-state index is 5.83. The average Bonchev–Trinajstić information content (AvgIpc) is 2.64. The van der Waals surface area contributed by atoms with E-state index in [0.717, 1.165) is 31.7 Å². The third-order valence-electron chi connectivity index (χ3n) is 3.23. The van der Waals surface area contributed by atoms with E-state index < -0.39 is 0 Å². The molecule has 4 nitrogen and oxygen atoms in total. The first-order valence-corrected chi connectivity index (χ1v) is 6.96. The molecule has 0 aromatic carbocycles. The van der Waals surface area contributed by atoms with Crippen LogP contribution in [0.25, 0.3) is 0 Å². The lowest BCUT2D eigenvalue weighted by Gasteiger charge is -2.26. The first-order chi connectivity index (χ1) is 8.62. The molecule has 104 valence electrons. The number of hydrogen-bond donors (Lipinski definition) is 1. The van der Waals surface area contributed by atoms with E-state index in [1.165, 1.54) is 5.69 Å². The number of hydrogen-bond acceptors (Lipinski definition) is 3. The van der Waals surface area contributed by atoms with Gasteiger partial charge in [-0.1, -0.05) is 13.8 Å². The molecule has 0 amide bonds. The first kappa shape index (κ1) is 15.2. The number of rotatable bonds is 8. The molecule has 0 fully saturated rings. The molecule has 0 aliphatic carbocycles. The highest BCUT2D eigenvalue weighted by Gasteiger charge is 2.21. The van der Waals surface area contributed by atoms with Gasteiger partial charge in [-0.15, -0.1) is 0 Å². The van der Waals surface area contributed by atoms with E-state index in [-0.39, 0.29) is 6.10 Å². The smallest absolute Gasteiger partial charge is 0.0729 e. The van der Waals surface area contributed by atoms with Crippen LogP contribution in [0, 0.1) is 6.92 Å². The predicted octanol–water partition coefficient (Wildman–Crippen LogP) is 2.06. The highest BCUT2D eigenvalue weighted by molar-refractivity contribution is 5.10. The van der Waals surface area contributed by atoms with Crippen LogP contribution in [0.1, 0.15) is 38.6 Å². The van der Waals surface area contributed by atoms with Crippen LogP contribution < -0.4 is 5.32 Å². The van der Waals surface area contributed by atoms with E-state index in [4.69, 9.17) is 4.74 Å². The van der Waals surface area contributed by atoms with Crippen LogP contribution >= 0.6 is 0 Å². The lowest BCUT2D eigenvalue weighted by Crippen LogP contribution is -2.43. The number of aryl methyl sites for hydroxylation is 2. The summed E-state index contributed by atoms with van der Waals surface area (Å²) in [4.78, 5) is 0. The summed E-state index contributed by atoms with van der Waals surface area (Å²) < 4.78 is 7.80. The van der Waals surface area contributed by atoms with Crippen molar-refractivity contribution in [2.75, 3.05) is 13.2 Å². The Kier molecular flexibility index (Phi) is 6.36. The van der Waals surface area contributed by atoms with Crippen molar-refractivity contribution in [3.63, 3.8) is 0 Å². The van der Waals surface area contributed by atoms with E-state index in [2.05, 4.69) is 37.3 Å². The maximum atomic E-state index is 5.83. The zero-order valence-corrected chi connectivity index (χ0v) is 12.4. The maximum Gasteiger partial charge on any atom is 0.0729 e. The van der Waals surface area contributed by atoms with Gasteiger partial charge in [0.2, 0.25) is 0 Å². The third kappa shape index (κ3) is 4.10. The molecular weight excluding hydrogens is 226 g/mol. The molecule has 0 aliphatic heterocycles. The van der Waals surface area contributed by atoms with E-state index >= 15 is 0 Å². The second kappa shape index (κ2) is 7.54. The minimum atomic E-state index is 0.269. The molecule has 1 heterocycles. The highest BCUT2D eigenvalue weighted by Crippen LogP contribution is 2.12. The first-order valence-electron chi connectivity index (χ1n) is 6.96. The van der Waals surface area contributed by atoms with Crippen molar-refractivity contribution < 1.29 is 4.74 Å². The molecule has 1 aromatic heterocycles. The number of ether oxygens (including phenoxy) is 1. The molecule has 0 spiro atoms. The second-order valence-electron chi connectivity index (χ2n) is 4.67. The SMILES string of the molecule is CCNC(Cc1cc(C)nn1C)C(CC)OCC. The Hall–Kier alpha value is -0.870. The lowest BCUT2D eigenvalue weighted by molar-refractivity contribution is 0.0319. The topological polar surface area (TPSA) is 39.1 Å². The Morgan fingerprint density at radius 3 is 2.56 bits per heavy atom. The van der Waals surface area contributed by atoms with Crippen molar-refractivity contribution in [3.05, 3.63) is 17.5 Å². The molecule has 0 bridgehead atoms. The van der Waals surface area contributed by atoms with E-state index in [1.807, 2.05) is 18.7 Å². The van der Waals surface area contributed by atoms with Crippen molar-refractivity contribution in [2.45, 2.75) is 52.7 Å². The number of likely N-dealkylation sites (N-methyl/N-ethyl adjacent to an activating group) is 1. The Labute approximate surface area is 111 Å². The monoisotopic (exact) mass is 253 g/mol. The van der Waals surface area contributed by atoms with Crippen molar-refractivity contribution in [3.8, 4) is 0 Å². The van der Waals surface area contributed by atoms with Crippen molar-refractivity contribution >= 4 is 0 Å². The fourth-order valence-corrected chi connectivity index (χ4v) is 2.41. The van der Waals surface area contributed by atoms with Crippen LogP contribution in [-0.4, -0.2) is 35.1 Å². The molecular formula is C14H27N3O. The van der Waals surface area contributed by atoms with Crippen LogP contribution in [0.3, 0.4) is 0 Å². The molecule has 4 heteroatoms. The quantitative estimate of drug-likeness (QED) is 0.771. The van der Waals surface area contributed by atoms with Gasteiger partial charge >= 0.3 is 0 Å². The van der Waals surface area contributed by atoms with Crippen molar-refractivity contribution in [1.29, 1.82) is 0 Å². The largest absolute Gasteiger partial charge is 0.377 e. The molecule has 2 atom stereocenters. The van der Waals surface area contributed by atoms with Gasteiger partial charge in [0.25, 0.3) is 0 Å². The molecule has 0 aliphatic rings. The molecule has 18 heavy (non-hydrogen) atoms. The van der Waals surface area contributed by atoms with Crippen LogP contribution in [-0.2, 0) is 18.2 Å². The van der Waals surface area contributed by atoms with Gasteiger partial charge in [-0.2, -0.15) is 5.10 Å². The Bertz CT molecular complexity index is 349. The minimum Gasteiger partial charge on any atom is -0.377 e. The van der Waals surface area contributed by atoms with Gasteiger partial charge in [-0.25, -0.2) is 0 Å². The zero-order chi connectivity index (χ0) is 13.5. The summed E-state index contributed by atoms with van der Waals surface area (Å²) >= 11 is 0. The lowest BCUT2D eigenvalue weighted by atomic mass is 10.0. The number of aromatic nitrogens is 2. The molecule has 0 radical (unpaired) electrons. The number of nitrogens with zero attached hydrogens (tertiary/aromatic N) is 2. The van der Waals surface area contributed by atoms with Gasteiger partial charge in [0.05, 0.1) is 11.8 Å². The summed E-state index contributed by atoms with van der Waals surface area (Å²) in [5.74, 6) is 0. The van der Waals surface area contributed by atoms with Crippen molar-refractivity contribution in [2.24, 2.45) is 7.05 Å². The van der Waals surface area contributed by atoms with Crippen LogP contribution in [0.2, 0.25) is 0 Å². The standard InChI is InChI=1S/C14H27N3O/c1-6-14(18-8-3)13(15-7-2)10-12-9-11(4)16-17(12)5/h9,13-15H,6-8,10H2,1-5H3. The van der Waals surface area contributed by atoms with Gasteiger partial charge in [0.15, 0.2) is 0 Å². The summed E-state index contributed by atoms with van der Waals surface area (Å²) in [6.07, 6.45) is 2.26. The fourth-order valence-electron chi connectivity index (χ4n) is 2.41. The van der Waals surface area contributed by atoms with Crippen LogP contribution in [0.4, 0.5) is 0 Å². The van der Waals surface area contributed by atoms with Crippen molar-refractivity contribution in [1.82, 2.24) is 15.1 Å². The average molecular weight is 253 g/mol. The summed E-state index contributed by atoms with van der Waals surface area (Å²) in [7, 11) is 2.01. The van der Waals surface area contributed by atoms with Gasteiger partial charge in [-0.05, 0) is 32.9 Å². The Morgan fingerprint density at radius 2 is 2.11 bits per heavy atom. The van der Waals surface area contributed by atoms with E-state index in [0.29, 0.717) is 6.04 Å². The zero-order valence-electron chi connectivity index (χ0n) is 12.4. The molecule has 0 saturated carbocycles. The Morgan fingerprint density at radius 1 is 1.39 bits per heavy atom. The molecule has 1 N–H and O–H groups in total. The second-order valence-corrected chi connectivity index (χ2v) is 4.67. The summed E-state index contributed by atoms with van der Waals surface area (Å²) in [6.45, 7) is 10.1. The summed E-state index contributed by atoms with van der Waals surface area (Å²) in [5.41, 5.74) is 2.34. The molecule has 2 unspecified atom stereocenters. The van der Waals surface area contributed by atoms with Gasteiger partial charge in [-0.3, -0.25) is 4.68 Å². The third-order valence-corrected chi connectivity index (χ3v) is 3.23. The molecule has 1 aromatic rings.